The van der Waals surface area contributed by atoms with Crippen LogP contribution in [0.25, 0.3) is 0 Å². The average Bonchev–Trinajstić information content (AvgIpc) is 3.10. The third kappa shape index (κ3) is 2.53. The molecule has 0 aromatic heterocycles. The number of para-hydroxylation sites is 1. The standard InChI is InChI=1S/C24H26N2O6/c1-5-14-15-10-19-22-24(20(15)23(29)30-4,16-8-6-7-9-18(16)25-22)17(11-31-12(2)27)21(14)26(19)32-13(3)28/h5-9,15,17,19-21H,10-11H2,1-4H3/b14-5+/t15-,17+,19+,20+,21+,24+/m1/s1. The monoisotopic (exact) mass is 438 g/mol. The van der Waals surface area contributed by atoms with Gasteiger partial charge in [-0.3, -0.25) is 19.4 Å². The van der Waals surface area contributed by atoms with Crippen LogP contribution in [0.15, 0.2) is 40.9 Å². The molecule has 4 bridgehead atoms. The molecule has 6 atom stereocenters. The van der Waals surface area contributed by atoms with Crippen molar-refractivity contribution in [2.75, 3.05) is 13.7 Å². The van der Waals surface area contributed by atoms with Crippen molar-refractivity contribution in [1.82, 2.24) is 5.06 Å². The lowest BCUT2D eigenvalue weighted by Crippen LogP contribution is -2.78. The minimum absolute atomic E-state index is 0.0649. The van der Waals surface area contributed by atoms with Gasteiger partial charge in [0.05, 0.1) is 48.5 Å². The number of hydrogen-bond donors (Lipinski definition) is 0. The summed E-state index contributed by atoms with van der Waals surface area (Å²) < 4.78 is 10.9. The molecule has 3 aliphatic heterocycles. The van der Waals surface area contributed by atoms with Gasteiger partial charge in [-0.05, 0) is 36.5 Å². The van der Waals surface area contributed by atoms with Crippen molar-refractivity contribution in [3.05, 3.63) is 41.5 Å². The van der Waals surface area contributed by atoms with Crippen LogP contribution in [0.4, 0.5) is 5.69 Å². The summed E-state index contributed by atoms with van der Waals surface area (Å²) in [5.74, 6) is -2.10. The van der Waals surface area contributed by atoms with Crippen LogP contribution in [0, 0.1) is 17.8 Å². The molecule has 8 nitrogen and oxygen atoms in total. The zero-order valence-electron chi connectivity index (χ0n) is 18.5. The zero-order chi connectivity index (χ0) is 22.8. The van der Waals surface area contributed by atoms with Crippen molar-refractivity contribution in [2.45, 2.75) is 44.7 Å². The lowest BCUT2D eigenvalue weighted by molar-refractivity contribution is -0.240. The quantitative estimate of drug-likeness (QED) is 0.527. The van der Waals surface area contributed by atoms with Gasteiger partial charge < -0.3 is 14.3 Å². The smallest absolute Gasteiger partial charge is 0.322 e. The maximum atomic E-state index is 13.3. The molecule has 0 N–H and O–H groups in total. The number of aliphatic imine (C=N–C) groups is 1. The number of carbonyl (C=O) groups is 3. The van der Waals surface area contributed by atoms with Crippen molar-refractivity contribution < 1.29 is 28.7 Å². The highest BCUT2D eigenvalue weighted by Gasteiger charge is 2.75. The number of nitrogens with zero attached hydrogens (tertiary/aromatic N) is 2. The van der Waals surface area contributed by atoms with E-state index >= 15 is 0 Å². The maximum Gasteiger partial charge on any atom is 0.322 e. The molecule has 4 fully saturated rings. The van der Waals surface area contributed by atoms with E-state index in [0.29, 0.717) is 6.42 Å². The highest BCUT2D eigenvalue weighted by molar-refractivity contribution is 6.10. The SMILES string of the molecule is C/C=C1\[C@H]2C[C@H]3C4=Nc5ccccc5[C@@]4([C@@H]2C(=O)OC)[C@@H](COC(C)=O)[C@H]1N3OC(C)=O. The van der Waals surface area contributed by atoms with Crippen LogP contribution in [-0.2, 0) is 34.1 Å². The van der Waals surface area contributed by atoms with Crippen LogP contribution in [0.2, 0.25) is 0 Å². The first-order valence-electron chi connectivity index (χ1n) is 10.9. The first-order chi connectivity index (χ1) is 15.4. The summed E-state index contributed by atoms with van der Waals surface area (Å²) in [6.07, 6.45) is 2.59. The van der Waals surface area contributed by atoms with E-state index in [-0.39, 0.29) is 36.5 Å². The van der Waals surface area contributed by atoms with Crippen molar-refractivity contribution in [2.24, 2.45) is 22.7 Å². The van der Waals surface area contributed by atoms with Crippen molar-refractivity contribution in [3.8, 4) is 0 Å². The molecule has 0 radical (unpaired) electrons. The molecule has 0 unspecified atom stereocenters. The van der Waals surface area contributed by atoms with Gasteiger partial charge >= 0.3 is 17.9 Å². The predicted octanol–water partition coefficient (Wildman–Crippen LogP) is 2.49. The highest BCUT2D eigenvalue weighted by atomic mass is 16.7. The van der Waals surface area contributed by atoms with Crippen molar-refractivity contribution in [3.63, 3.8) is 0 Å². The van der Waals surface area contributed by atoms with E-state index < -0.39 is 23.3 Å². The van der Waals surface area contributed by atoms with Crippen molar-refractivity contribution in [1.29, 1.82) is 0 Å². The molecule has 2 saturated heterocycles. The molecular weight excluding hydrogens is 412 g/mol. The second-order valence-electron chi connectivity index (χ2n) is 8.83. The number of benzene rings is 1. The molecule has 2 saturated carbocycles. The molecule has 1 aromatic rings. The fourth-order valence-electron chi connectivity index (χ4n) is 6.72. The normalized spacial score (nSPS) is 35.2. The number of esters is 2. The second kappa shape index (κ2) is 7.27. The molecule has 3 heterocycles. The Labute approximate surface area is 186 Å². The van der Waals surface area contributed by atoms with E-state index in [2.05, 4.69) is 0 Å². The number of hydroxylamine groups is 2. The summed E-state index contributed by atoms with van der Waals surface area (Å²) in [4.78, 5) is 47.9. The van der Waals surface area contributed by atoms with Crippen LogP contribution in [0.3, 0.4) is 0 Å². The van der Waals surface area contributed by atoms with Crippen LogP contribution in [0.5, 0.6) is 0 Å². The third-order valence-corrected chi connectivity index (χ3v) is 7.51. The van der Waals surface area contributed by atoms with Crippen LogP contribution in [-0.4, -0.2) is 54.5 Å². The molecule has 5 aliphatic rings. The number of ether oxygens (including phenoxy) is 2. The van der Waals surface area contributed by atoms with E-state index in [1.54, 1.807) is 5.06 Å². The van der Waals surface area contributed by atoms with Crippen LogP contribution < -0.4 is 0 Å². The summed E-state index contributed by atoms with van der Waals surface area (Å²) in [5, 5.41) is 1.72. The van der Waals surface area contributed by atoms with E-state index in [9.17, 15) is 14.4 Å². The first kappa shape index (κ1) is 20.9. The summed E-state index contributed by atoms with van der Waals surface area (Å²) in [6.45, 7) is 4.73. The minimum Gasteiger partial charge on any atom is -0.469 e. The van der Waals surface area contributed by atoms with Gasteiger partial charge in [0, 0.05) is 19.8 Å². The number of hydrogen-bond acceptors (Lipinski definition) is 8. The Hall–Kier alpha value is -3.00. The van der Waals surface area contributed by atoms with Crippen LogP contribution >= 0.6 is 0 Å². The minimum atomic E-state index is -0.791. The number of allylic oxidation sites excluding steroid dienone is 1. The Morgan fingerprint density at radius 3 is 2.62 bits per heavy atom. The fraction of sp³-hybridized carbons (Fsp3) is 0.500. The summed E-state index contributed by atoms with van der Waals surface area (Å²) >= 11 is 0. The van der Waals surface area contributed by atoms with E-state index in [4.69, 9.17) is 19.3 Å². The predicted molar refractivity (Wildman–Crippen MR) is 114 cm³/mol. The molecule has 32 heavy (non-hydrogen) atoms. The summed E-state index contributed by atoms with van der Waals surface area (Å²) in [7, 11) is 1.41. The topological polar surface area (TPSA) is 94.5 Å². The van der Waals surface area contributed by atoms with Gasteiger partial charge in [0.15, 0.2) is 0 Å². The first-order valence-corrected chi connectivity index (χ1v) is 10.9. The molecule has 0 amide bonds. The lowest BCUT2D eigenvalue weighted by Gasteiger charge is -2.66. The van der Waals surface area contributed by atoms with Gasteiger partial charge in [-0.25, -0.2) is 0 Å². The van der Waals surface area contributed by atoms with Crippen LogP contribution in [0.1, 0.15) is 32.8 Å². The van der Waals surface area contributed by atoms with Gasteiger partial charge in [-0.2, -0.15) is 0 Å². The number of piperidine rings is 2. The number of methoxy groups -OCH3 is 1. The van der Waals surface area contributed by atoms with E-state index in [0.717, 1.165) is 22.5 Å². The average molecular weight is 438 g/mol. The highest BCUT2D eigenvalue weighted by Crippen LogP contribution is 2.66. The van der Waals surface area contributed by atoms with Gasteiger partial charge in [-0.1, -0.05) is 24.3 Å². The largest absolute Gasteiger partial charge is 0.469 e. The zero-order valence-corrected chi connectivity index (χ0v) is 18.5. The van der Waals surface area contributed by atoms with Gasteiger partial charge in [0.2, 0.25) is 0 Å². The Kier molecular flexibility index (Phi) is 4.74. The molecule has 1 aromatic carbocycles. The molecule has 1 spiro atoms. The molecule has 2 aliphatic carbocycles. The van der Waals surface area contributed by atoms with Crippen molar-refractivity contribution >= 4 is 29.3 Å². The molecular formula is C24H26N2O6. The third-order valence-electron chi connectivity index (χ3n) is 7.51. The summed E-state index contributed by atoms with van der Waals surface area (Å²) in [5.41, 5.74) is 2.74. The Morgan fingerprint density at radius 1 is 1.22 bits per heavy atom. The Morgan fingerprint density at radius 2 is 1.97 bits per heavy atom. The number of rotatable bonds is 4. The lowest BCUT2D eigenvalue weighted by atomic mass is 9.42. The Balaban J connectivity index is 1.79. The summed E-state index contributed by atoms with van der Waals surface area (Å²) in [6, 6.07) is 7.18. The number of fused-ring (bicyclic) bond motifs is 1. The van der Waals surface area contributed by atoms with Gasteiger partial charge in [0.1, 0.15) is 0 Å². The molecule has 8 heteroatoms. The maximum absolute atomic E-state index is 13.3. The van der Waals surface area contributed by atoms with E-state index in [1.165, 1.54) is 21.0 Å². The molecule has 168 valence electrons. The number of carbonyl (C=O) groups excluding carboxylic acids is 3. The Bertz CT molecular complexity index is 1080. The fourth-order valence-corrected chi connectivity index (χ4v) is 6.72. The van der Waals surface area contributed by atoms with E-state index in [1.807, 2.05) is 37.3 Å². The second-order valence-corrected chi connectivity index (χ2v) is 8.83. The van der Waals surface area contributed by atoms with Gasteiger partial charge in [0.25, 0.3) is 0 Å². The molecule has 6 rings (SSSR count). The van der Waals surface area contributed by atoms with Gasteiger partial charge in [-0.15, -0.1) is 5.06 Å².